The van der Waals surface area contributed by atoms with Crippen LogP contribution in [0.25, 0.3) is 11.0 Å². The van der Waals surface area contributed by atoms with Gasteiger partial charge in [0, 0.05) is 11.6 Å². The topological polar surface area (TPSA) is 76.7 Å². The summed E-state index contributed by atoms with van der Waals surface area (Å²) in [4.78, 5) is 21.7. The van der Waals surface area contributed by atoms with E-state index in [4.69, 9.17) is 9.15 Å². The molecule has 0 saturated carbocycles. The van der Waals surface area contributed by atoms with Crippen molar-refractivity contribution >= 4 is 28.4 Å². The van der Waals surface area contributed by atoms with Crippen LogP contribution < -0.4 is 15.6 Å². The second kappa shape index (κ2) is 8.39. The first-order chi connectivity index (χ1) is 14.2. The highest BCUT2D eigenvalue weighted by Crippen LogP contribution is 2.26. The van der Waals surface area contributed by atoms with Crippen molar-refractivity contribution < 1.29 is 13.9 Å². The number of pyridine rings is 1. The Morgan fingerprint density at radius 2 is 1.86 bits per heavy atom. The SMILES string of the molecule is CCOc1ccccc1N=c1oc2ccccc2cc1C(=O)Nc1ccccn1. The number of amides is 1. The molecule has 0 bridgehead atoms. The Balaban J connectivity index is 1.86. The minimum absolute atomic E-state index is 0.198. The lowest BCUT2D eigenvalue weighted by Gasteiger charge is -2.08. The van der Waals surface area contributed by atoms with Gasteiger partial charge in [0.2, 0.25) is 5.55 Å². The van der Waals surface area contributed by atoms with Crippen molar-refractivity contribution in [2.24, 2.45) is 4.99 Å². The molecule has 6 heteroatoms. The number of hydrogen-bond acceptors (Lipinski definition) is 5. The molecule has 0 saturated heterocycles. The minimum atomic E-state index is -0.356. The fraction of sp³-hybridized carbons (Fsp3) is 0.0870. The van der Waals surface area contributed by atoms with E-state index in [2.05, 4.69) is 15.3 Å². The second-order valence-corrected chi connectivity index (χ2v) is 6.18. The van der Waals surface area contributed by atoms with Crippen molar-refractivity contribution in [2.45, 2.75) is 6.92 Å². The molecule has 0 atom stereocenters. The molecule has 1 amide bonds. The van der Waals surface area contributed by atoms with E-state index >= 15 is 0 Å². The Bertz CT molecular complexity index is 1220. The largest absolute Gasteiger partial charge is 0.492 e. The van der Waals surface area contributed by atoms with E-state index in [1.807, 2.05) is 55.5 Å². The molecule has 2 aromatic heterocycles. The average Bonchev–Trinajstić information content (AvgIpc) is 2.75. The quantitative estimate of drug-likeness (QED) is 0.540. The van der Waals surface area contributed by atoms with Gasteiger partial charge in [0.25, 0.3) is 5.91 Å². The highest BCUT2D eigenvalue weighted by atomic mass is 16.5. The van der Waals surface area contributed by atoms with Gasteiger partial charge in [0.15, 0.2) is 0 Å². The zero-order valence-electron chi connectivity index (χ0n) is 15.8. The highest BCUT2D eigenvalue weighted by molar-refractivity contribution is 6.04. The van der Waals surface area contributed by atoms with Gasteiger partial charge in [-0.2, -0.15) is 0 Å². The van der Waals surface area contributed by atoms with E-state index in [1.165, 1.54) is 0 Å². The number of rotatable bonds is 5. The number of ether oxygens (including phenoxy) is 1. The number of fused-ring (bicyclic) bond motifs is 1. The van der Waals surface area contributed by atoms with Crippen molar-refractivity contribution in [3.05, 3.63) is 90.1 Å². The summed E-state index contributed by atoms with van der Waals surface area (Å²) in [6.45, 7) is 2.41. The summed E-state index contributed by atoms with van der Waals surface area (Å²) in [6, 6.07) is 21.9. The fourth-order valence-corrected chi connectivity index (χ4v) is 2.87. The van der Waals surface area contributed by atoms with Crippen LogP contribution in [0, 0.1) is 0 Å². The van der Waals surface area contributed by atoms with Gasteiger partial charge in [-0.1, -0.05) is 36.4 Å². The summed E-state index contributed by atoms with van der Waals surface area (Å²) in [5, 5.41) is 3.59. The predicted molar refractivity (Wildman–Crippen MR) is 111 cm³/mol. The van der Waals surface area contributed by atoms with Gasteiger partial charge in [0.05, 0.1) is 6.61 Å². The third-order valence-corrected chi connectivity index (χ3v) is 4.19. The van der Waals surface area contributed by atoms with Crippen LogP contribution in [0.1, 0.15) is 17.3 Å². The average molecular weight is 385 g/mol. The molecule has 29 heavy (non-hydrogen) atoms. The summed E-state index contributed by atoms with van der Waals surface area (Å²) < 4.78 is 11.6. The zero-order chi connectivity index (χ0) is 20.1. The fourth-order valence-electron chi connectivity index (χ4n) is 2.87. The normalized spacial score (nSPS) is 11.4. The molecule has 144 valence electrons. The molecule has 2 heterocycles. The molecule has 0 unspecified atom stereocenters. The number of para-hydroxylation sites is 3. The van der Waals surface area contributed by atoms with Crippen LogP contribution in [-0.2, 0) is 0 Å². The second-order valence-electron chi connectivity index (χ2n) is 6.18. The van der Waals surface area contributed by atoms with E-state index in [1.54, 1.807) is 30.5 Å². The number of carbonyl (C=O) groups is 1. The first kappa shape index (κ1) is 18.4. The number of hydrogen-bond donors (Lipinski definition) is 1. The third kappa shape index (κ3) is 4.16. The zero-order valence-corrected chi connectivity index (χ0v) is 15.8. The number of nitrogens with one attached hydrogen (secondary N) is 1. The van der Waals surface area contributed by atoms with Gasteiger partial charge >= 0.3 is 0 Å². The molecular formula is C23H19N3O3. The van der Waals surface area contributed by atoms with Gasteiger partial charge in [-0.15, -0.1) is 0 Å². The molecule has 0 aliphatic carbocycles. The maximum absolute atomic E-state index is 13.0. The number of nitrogens with zero attached hydrogens (tertiary/aromatic N) is 2. The van der Waals surface area contributed by atoms with Gasteiger partial charge in [-0.05, 0) is 43.3 Å². The maximum atomic E-state index is 13.0. The van der Waals surface area contributed by atoms with Crippen LogP contribution in [0.15, 0.2) is 88.4 Å². The molecule has 0 radical (unpaired) electrons. The molecule has 4 rings (SSSR count). The van der Waals surface area contributed by atoms with Crippen LogP contribution in [0.4, 0.5) is 11.5 Å². The maximum Gasteiger partial charge on any atom is 0.262 e. The van der Waals surface area contributed by atoms with Crippen molar-refractivity contribution in [3.8, 4) is 5.75 Å². The van der Waals surface area contributed by atoms with Gasteiger partial charge in [0.1, 0.15) is 28.4 Å². The lowest BCUT2D eigenvalue weighted by atomic mass is 10.1. The lowest BCUT2D eigenvalue weighted by molar-refractivity contribution is 0.102. The van der Waals surface area contributed by atoms with Crippen LogP contribution in [0.5, 0.6) is 5.75 Å². The molecule has 0 aliphatic rings. The Morgan fingerprint density at radius 1 is 1.07 bits per heavy atom. The summed E-state index contributed by atoms with van der Waals surface area (Å²) in [5.41, 5.74) is 1.72. The molecule has 4 aromatic rings. The van der Waals surface area contributed by atoms with Gasteiger partial charge in [-0.3, -0.25) is 4.79 Å². The van der Waals surface area contributed by atoms with E-state index in [9.17, 15) is 4.79 Å². The van der Waals surface area contributed by atoms with E-state index < -0.39 is 0 Å². The lowest BCUT2D eigenvalue weighted by Crippen LogP contribution is -2.22. The first-order valence-electron chi connectivity index (χ1n) is 9.26. The predicted octanol–water partition coefficient (Wildman–Crippen LogP) is 4.71. The standard InChI is InChI=1S/C23H19N3O3/c1-2-28-20-12-6-4-10-18(20)25-23-17(15-16-9-3-5-11-19(16)29-23)22(27)26-21-13-7-8-14-24-21/h3-15H,2H2,1H3,(H,24,26,27). The summed E-state index contributed by atoms with van der Waals surface area (Å²) >= 11 is 0. The van der Waals surface area contributed by atoms with Crippen LogP contribution in [0.2, 0.25) is 0 Å². The molecule has 1 N–H and O–H groups in total. The number of carbonyl (C=O) groups excluding carboxylic acids is 1. The van der Waals surface area contributed by atoms with Crippen molar-refractivity contribution in [2.75, 3.05) is 11.9 Å². The molecule has 0 fully saturated rings. The summed E-state index contributed by atoms with van der Waals surface area (Å²) in [6.07, 6.45) is 1.62. The smallest absolute Gasteiger partial charge is 0.262 e. The molecule has 0 aliphatic heterocycles. The Morgan fingerprint density at radius 3 is 2.69 bits per heavy atom. The molecule has 2 aromatic carbocycles. The summed E-state index contributed by atoms with van der Waals surface area (Å²) in [5.74, 6) is 0.714. The first-order valence-corrected chi connectivity index (χ1v) is 9.26. The van der Waals surface area contributed by atoms with E-state index in [-0.39, 0.29) is 11.5 Å². The number of benzene rings is 2. The Labute approximate surface area is 167 Å². The van der Waals surface area contributed by atoms with Crippen LogP contribution in [0.3, 0.4) is 0 Å². The summed E-state index contributed by atoms with van der Waals surface area (Å²) in [7, 11) is 0. The van der Waals surface area contributed by atoms with Gasteiger partial charge in [-0.25, -0.2) is 9.98 Å². The van der Waals surface area contributed by atoms with Crippen molar-refractivity contribution in [3.63, 3.8) is 0 Å². The number of anilines is 1. The molecule has 6 nitrogen and oxygen atoms in total. The van der Waals surface area contributed by atoms with Crippen LogP contribution >= 0.6 is 0 Å². The number of aromatic nitrogens is 1. The van der Waals surface area contributed by atoms with Crippen LogP contribution in [-0.4, -0.2) is 17.5 Å². The van der Waals surface area contributed by atoms with E-state index in [0.29, 0.717) is 35.0 Å². The van der Waals surface area contributed by atoms with Crippen molar-refractivity contribution in [1.29, 1.82) is 0 Å². The van der Waals surface area contributed by atoms with Gasteiger partial charge < -0.3 is 14.5 Å². The highest BCUT2D eigenvalue weighted by Gasteiger charge is 2.14. The Hall–Kier alpha value is -3.93. The minimum Gasteiger partial charge on any atom is -0.492 e. The van der Waals surface area contributed by atoms with E-state index in [0.717, 1.165) is 5.39 Å². The molecule has 0 spiro atoms. The Kier molecular flexibility index (Phi) is 5.33. The third-order valence-electron chi connectivity index (χ3n) is 4.19. The molecular weight excluding hydrogens is 366 g/mol. The van der Waals surface area contributed by atoms with Crippen molar-refractivity contribution in [1.82, 2.24) is 4.98 Å². The monoisotopic (exact) mass is 385 g/mol.